The Hall–Kier alpha value is -1.02. The molecule has 0 aromatic heterocycles. The van der Waals surface area contributed by atoms with Gasteiger partial charge >= 0.3 is 0 Å². The van der Waals surface area contributed by atoms with E-state index < -0.39 is 0 Å². The van der Waals surface area contributed by atoms with Crippen LogP contribution in [0.2, 0.25) is 0 Å². The van der Waals surface area contributed by atoms with E-state index in [-0.39, 0.29) is 0 Å². The van der Waals surface area contributed by atoms with Crippen molar-refractivity contribution in [1.29, 1.82) is 0 Å². The van der Waals surface area contributed by atoms with E-state index in [1.54, 1.807) is 7.11 Å². The highest BCUT2D eigenvalue weighted by Gasteiger charge is 1.98. The second-order valence-electron chi connectivity index (χ2n) is 3.18. The Labute approximate surface area is 80.1 Å². The van der Waals surface area contributed by atoms with Gasteiger partial charge in [-0.15, -0.1) is 0 Å². The first kappa shape index (κ1) is 10.1. The fourth-order valence-electron chi connectivity index (χ4n) is 1.19. The smallest absolute Gasteiger partial charge is 0.119 e. The molecule has 2 nitrogen and oxygen atoms in total. The summed E-state index contributed by atoms with van der Waals surface area (Å²) in [6, 6.07) is 8.19. The largest absolute Gasteiger partial charge is 0.497 e. The van der Waals surface area contributed by atoms with Gasteiger partial charge in [-0.05, 0) is 31.3 Å². The number of hydrogen-bond acceptors (Lipinski definition) is 2. The summed E-state index contributed by atoms with van der Waals surface area (Å²) in [7, 11) is 3.81. The highest BCUT2D eigenvalue weighted by Crippen LogP contribution is 2.13. The van der Waals surface area contributed by atoms with E-state index in [9.17, 15) is 0 Å². The zero-order chi connectivity index (χ0) is 9.68. The summed E-state index contributed by atoms with van der Waals surface area (Å²) in [6.45, 7) is 4.20. The lowest BCUT2D eigenvalue weighted by Gasteiger charge is -2.13. The average molecular weight is 179 g/mol. The lowest BCUT2D eigenvalue weighted by atomic mass is 10.2. The Morgan fingerprint density at radius 2 is 2.15 bits per heavy atom. The molecule has 0 N–H and O–H groups in total. The highest BCUT2D eigenvalue weighted by molar-refractivity contribution is 5.28. The lowest BCUT2D eigenvalue weighted by Crippen LogP contribution is -2.16. The van der Waals surface area contributed by atoms with Gasteiger partial charge in [0.05, 0.1) is 7.11 Å². The molecule has 0 radical (unpaired) electrons. The summed E-state index contributed by atoms with van der Waals surface area (Å²) < 4.78 is 5.15. The van der Waals surface area contributed by atoms with E-state index in [1.165, 1.54) is 5.56 Å². The van der Waals surface area contributed by atoms with E-state index in [4.69, 9.17) is 4.74 Å². The minimum atomic E-state index is 0.932. The van der Waals surface area contributed by atoms with Gasteiger partial charge in [0, 0.05) is 6.54 Å². The topological polar surface area (TPSA) is 12.5 Å². The second kappa shape index (κ2) is 4.87. The lowest BCUT2D eigenvalue weighted by molar-refractivity contribution is 0.344. The molecule has 0 aliphatic heterocycles. The first-order valence-corrected chi connectivity index (χ1v) is 4.57. The van der Waals surface area contributed by atoms with E-state index in [2.05, 4.69) is 31.0 Å². The van der Waals surface area contributed by atoms with E-state index in [0.717, 1.165) is 18.8 Å². The predicted octanol–water partition coefficient (Wildman–Crippen LogP) is 2.15. The molecule has 13 heavy (non-hydrogen) atoms. The molecule has 0 heterocycles. The SMILES string of the molecule is CCN(C)Cc1cccc(OC)c1. The Morgan fingerprint density at radius 1 is 1.38 bits per heavy atom. The fourth-order valence-corrected chi connectivity index (χ4v) is 1.19. The van der Waals surface area contributed by atoms with Crippen molar-refractivity contribution in [1.82, 2.24) is 4.90 Å². The van der Waals surface area contributed by atoms with Crippen LogP contribution in [0.5, 0.6) is 5.75 Å². The van der Waals surface area contributed by atoms with Crippen molar-refractivity contribution in [2.24, 2.45) is 0 Å². The summed E-state index contributed by atoms with van der Waals surface area (Å²) in [5, 5.41) is 0. The van der Waals surface area contributed by atoms with Gasteiger partial charge in [0.25, 0.3) is 0 Å². The Morgan fingerprint density at radius 3 is 2.77 bits per heavy atom. The molecule has 0 unspecified atom stereocenters. The number of benzene rings is 1. The number of hydrogen-bond donors (Lipinski definition) is 0. The van der Waals surface area contributed by atoms with Crippen LogP contribution in [-0.2, 0) is 6.54 Å². The molecule has 0 fully saturated rings. The molecule has 0 spiro atoms. The van der Waals surface area contributed by atoms with Gasteiger partial charge in [-0.2, -0.15) is 0 Å². The Kier molecular flexibility index (Phi) is 3.77. The highest BCUT2D eigenvalue weighted by atomic mass is 16.5. The molecular formula is C11H17NO. The van der Waals surface area contributed by atoms with Gasteiger partial charge < -0.3 is 9.64 Å². The third-order valence-corrected chi connectivity index (χ3v) is 2.13. The molecule has 2 heteroatoms. The van der Waals surface area contributed by atoms with Crippen LogP contribution in [0.25, 0.3) is 0 Å². The van der Waals surface area contributed by atoms with E-state index in [0.29, 0.717) is 0 Å². The maximum atomic E-state index is 5.15. The summed E-state index contributed by atoms with van der Waals surface area (Å²) in [5.41, 5.74) is 1.30. The molecule has 0 aliphatic carbocycles. The van der Waals surface area contributed by atoms with E-state index in [1.807, 2.05) is 12.1 Å². The van der Waals surface area contributed by atoms with Gasteiger partial charge in [-0.1, -0.05) is 19.1 Å². The molecule has 0 atom stereocenters. The molecule has 1 rings (SSSR count). The normalized spacial score (nSPS) is 10.5. The Bertz CT molecular complexity index is 260. The first-order chi connectivity index (χ1) is 6.26. The third-order valence-electron chi connectivity index (χ3n) is 2.13. The van der Waals surface area contributed by atoms with Crippen molar-refractivity contribution in [3.63, 3.8) is 0 Å². The Balaban J connectivity index is 2.66. The zero-order valence-electron chi connectivity index (χ0n) is 8.58. The van der Waals surface area contributed by atoms with Crippen LogP contribution < -0.4 is 4.74 Å². The minimum Gasteiger partial charge on any atom is -0.497 e. The molecule has 72 valence electrons. The van der Waals surface area contributed by atoms with E-state index >= 15 is 0 Å². The predicted molar refractivity (Wildman–Crippen MR) is 55.0 cm³/mol. The number of methoxy groups -OCH3 is 1. The molecule has 0 bridgehead atoms. The minimum absolute atomic E-state index is 0.932. The quantitative estimate of drug-likeness (QED) is 0.702. The summed E-state index contributed by atoms with van der Waals surface area (Å²) >= 11 is 0. The van der Waals surface area contributed by atoms with Crippen LogP contribution in [0.4, 0.5) is 0 Å². The maximum Gasteiger partial charge on any atom is 0.119 e. The van der Waals surface area contributed by atoms with Crippen molar-refractivity contribution in [3.8, 4) is 5.75 Å². The zero-order valence-corrected chi connectivity index (χ0v) is 8.58. The first-order valence-electron chi connectivity index (χ1n) is 4.57. The van der Waals surface area contributed by atoms with Crippen molar-refractivity contribution in [3.05, 3.63) is 29.8 Å². The van der Waals surface area contributed by atoms with Crippen molar-refractivity contribution in [2.45, 2.75) is 13.5 Å². The van der Waals surface area contributed by atoms with Gasteiger partial charge in [-0.25, -0.2) is 0 Å². The summed E-state index contributed by atoms with van der Waals surface area (Å²) in [6.07, 6.45) is 0. The van der Waals surface area contributed by atoms with Crippen molar-refractivity contribution < 1.29 is 4.74 Å². The fraction of sp³-hybridized carbons (Fsp3) is 0.455. The number of ether oxygens (including phenoxy) is 1. The van der Waals surface area contributed by atoms with Crippen LogP contribution in [0, 0.1) is 0 Å². The van der Waals surface area contributed by atoms with Crippen molar-refractivity contribution >= 4 is 0 Å². The van der Waals surface area contributed by atoms with Crippen molar-refractivity contribution in [2.75, 3.05) is 20.7 Å². The standard InChI is InChI=1S/C11H17NO/c1-4-12(2)9-10-6-5-7-11(8-10)13-3/h5-8H,4,9H2,1-3H3. The third kappa shape index (κ3) is 3.07. The molecule has 0 amide bonds. The summed E-state index contributed by atoms with van der Waals surface area (Å²) in [4.78, 5) is 2.26. The molecule has 1 aromatic rings. The second-order valence-corrected chi connectivity index (χ2v) is 3.18. The van der Waals surface area contributed by atoms with Gasteiger partial charge in [0.2, 0.25) is 0 Å². The maximum absolute atomic E-state index is 5.15. The summed E-state index contributed by atoms with van der Waals surface area (Å²) in [5.74, 6) is 0.932. The van der Waals surface area contributed by atoms with Gasteiger partial charge in [-0.3, -0.25) is 0 Å². The molecule has 1 aromatic carbocycles. The molecule has 0 aliphatic rings. The monoisotopic (exact) mass is 179 g/mol. The number of rotatable bonds is 4. The van der Waals surface area contributed by atoms with Gasteiger partial charge in [0.1, 0.15) is 5.75 Å². The average Bonchev–Trinajstić information content (AvgIpc) is 2.18. The molecule has 0 saturated carbocycles. The molecular weight excluding hydrogens is 162 g/mol. The number of nitrogens with zero attached hydrogens (tertiary/aromatic N) is 1. The van der Waals surface area contributed by atoms with Crippen LogP contribution in [0.3, 0.4) is 0 Å². The molecule has 0 saturated heterocycles. The van der Waals surface area contributed by atoms with Crippen LogP contribution in [0.15, 0.2) is 24.3 Å². The van der Waals surface area contributed by atoms with Crippen LogP contribution in [0.1, 0.15) is 12.5 Å². The van der Waals surface area contributed by atoms with Gasteiger partial charge in [0.15, 0.2) is 0 Å². The van der Waals surface area contributed by atoms with Crippen LogP contribution in [-0.4, -0.2) is 25.6 Å². The van der Waals surface area contributed by atoms with Crippen LogP contribution >= 0.6 is 0 Å².